The van der Waals surface area contributed by atoms with Crippen LogP contribution in [0.1, 0.15) is 29.2 Å². The number of amides is 1. The van der Waals surface area contributed by atoms with E-state index in [2.05, 4.69) is 25.6 Å². The van der Waals surface area contributed by atoms with Gasteiger partial charge in [0.2, 0.25) is 0 Å². The minimum atomic E-state index is -0.405. The molecule has 0 bridgehead atoms. The summed E-state index contributed by atoms with van der Waals surface area (Å²) in [6.45, 7) is 4.43. The van der Waals surface area contributed by atoms with Crippen molar-refractivity contribution in [2.75, 3.05) is 29.9 Å². The van der Waals surface area contributed by atoms with Crippen molar-refractivity contribution >= 4 is 17.3 Å². The lowest BCUT2D eigenvalue weighted by molar-refractivity contribution is 0.101. The summed E-state index contributed by atoms with van der Waals surface area (Å²) < 4.78 is 14.9. The highest BCUT2D eigenvalue weighted by Gasteiger charge is 2.34. The molecule has 1 unspecified atom stereocenters. The number of benzene rings is 1. The molecule has 2 aliphatic rings. The number of pyridine rings is 1. The van der Waals surface area contributed by atoms with Crippen molar-refractivity contribution in [2.24, 2.45) is 5.92 Å². The number of anilines is 2. The molecule has 3 N–H and O–H groups in total. The molecule has 5 rings (SSSR count). The molecule has 2 fully saturated rings. The predicted octanol–water partition coefficient (Wildman–Crippen LogP) is 3.36. The Bertz CT molecular complexity index is 1110. The van der Waals surface area contributed by atoms with Crippen molar-refractivity contribution in [3.05, 3.63) is 60.1 Å². The van der Waals surface area contributed by atoms with Crippen LogP contribution in [0.25, 0.3) is 11.3 Å². The van der Waals surface area contributed by atoms with Gasteiger partial charge in [0.05, 0.1) is 17.1 Å². The van der Waals surface area contributed by atoms with E-state index in [4.69, 9.17) is 0 Å². The number of piperidine rings is 1. The summed E-state index contributed by atoms with van der Waals surface area (Å²) in [6.07, 6.45) is 5.59. The van der Waals surface area contributed by atoms with E-state index in [1.54, 1.807) is 24.5 Å². The molecule has 160 valence electrons. The number of H-pyrrole nitrogens is 1. The minimum absolute atomic E-state index is 0.177. The summed E-state index contributed by atoms with van der Waals surface area (Å²) >= 11 is 0. The van der Waals surface area contributed by atoms with Crippen LogP contribution in [-0.2, 0) is 0 Å². The normalized spacial score (nSPS) is 20.5. The molecule has 1 aromatic carbocycles. The first-order valence-corrected chi connectivity index (χ1v) is 10.6. The lowest BCUT2D eigenvalue weighted by Gasteiger charge is -2.37. The zero-order valence-electron chi connectivity index (χ0n) is 17.4. The van der Waals surface area contributed by atoms with Crippen LogP contribution < -0.4 is 15.5 Å². The van der Waals surface area contributed by atoms with Gasteiger partial charge in [0.15, 0.2) is 5.82 Å². The van der Waals surface area contributed by atoms with Gasteiger partial charge in [-0.1, -0.05) is 6.07 Å². The predicted molar refractivity (Wildman–Crippen MR) is 118 cm³/mol. The van der Waals surface area contributed by atoms with Crippen molar-refractivity contribution < 1.29 is 9.18 Å². The first kappa shape index (κ1) is 19.7. The van der Waals surface area contributed by atoms with Gasteiger partial charge < -0.3 is 20.5 Å². The zero-order valence-corrected chi connectivity index (χ0v) is 17.4. The second-order valence-corrected chi connectivity index (χ2v) is 8.25. The first-order chi connectivity index (χ1) is 15.1. The van der Waals surface area contributed by atoms with Crippen LogP contribution in [0, 0.1) is 18.7 Å². The Morgan fingerprint density at radius 3 is 3.06 bits per heavy atom. The van der Waals surface area contributed by atoms with E-state index >= 15 is 0 Å². The number of aromatic amines is 1. The summed E-state index contributed by atoms with van der Waals surface area (Å²) in [5.74, 6) is 0.0923. The minimum Gasteiger partial charge on any atom is -0.366 e. The Morgan fingerprint density at radius 2 is 2.19 bits per heavy atom. The smallest absolute Gasteiger partial charge is 0.291 e. The number of nitrogens with one attached hydrogen (secondary N) is 3. The van der Waals surface area contributed by atoms with E-state index in [0.29, 0.717) is 29.0 Å². The number of aryl methyl sites for hydroxylation is 1. The Balaban J connectivity index is 1.37. The van der Waals surface area contributed by atoms with Crippen LogP contribution in [0.5, 0.6) is 0 Å². The summed E-state index contributed by atoms with van der Waals surface area (Å²) in [7, 11) is 0. The van der Waals surface area contributed by atoms with Gasteiger partial charge in [-0.3, -0.25) is 9.78 Å². The number of nitrogens with zero attached hydrogens (tertiary/aromatic N) is 3. The van der Waals surface area contributed by atoms with Gasteiger partial charge in [-0.15, -0.1) is 0 Å². The van der Waals surface area contributed by atoms with E-state index in [9.17, 15) is 9.18 Å². The van der Waals surface area contributed by atoms with Crippen LogP contribution in [0.3, 0.4) is 0 Å². The molecule has 2 aromatic heterocycles. The highest BCUT2D eigenvalue weighted by Crippen LogP contribution is 2.34. The number of carbonyl (C=O) groups excluding carboxylic acids is 1. The summed E-state index contributed by atoms with van der Waals surface area (Å²) in [4.78, 5) is 26.4. The van der Waals surface area contributed by atoms with Gasteiger partial charge in [-0.25, -0.2) is 9.37 Å². The van der Waals surface area contributed by atoms with Crippen molar-refractivity contribution in [1.29, 1.82) is 0 Å². The molecular weight excluding hydrogens is 395 g/mol. The van der Waals surface area contributed by atoms with Gasteiger partial charge in [0, 0.05) is 42.8 Å². The van der Waals surface area contributed by atoms with Crippen molar-refractivity contribution in [1.82, 2.24) is 20.3 Å². The van der Waals surface area contributed by atoms with Crippen molar-refractivity contribution in [2.45, 2.75) is 25.8 Å². The number of aromatic nitrogens is 3. The standard InChI is InChI=1S/C23H25FN6O/c1-14-11-16(6-8-25-14)19-12-27-22(28-19)23(31)29-18-4-2-3-17(24)21(18)30-10-7-15-5-9-26-20(15)13-30/h2-4,6,8,11-12,15,20,26H,5,7,9-10,13H2,1H3,(H,27,28)(H,29,31)/t15-,20?/m0/s1. The van der Waals surface area contributed by atoms with E-state index in [1.807, 2.05) is 24.0 Å². The zero-order chi connectivity index (χ0) is 21.4. The molecule has 2 atom stereocenters. The molecule has 31 heavy (non-hydrogen) atoms. The second-order valence-electron chi connectivity index (χ2n) is 8.25. The lowest BCUT2D eigenvalue weighted by atomic mass is 9.92. The van der Waals surface area contributed by atoms with E-state index in [1.165, 1.54) is 12.5 Å². The fourth-order valence-electron chi connectivity index (χ4n) is 4.64. The monoisotopic (exact) mass is 420 g/mol. The number of imidazole rings is 1. The molecule has 1 amide bonds. The number of fused-ring (bicyclic) bond motifs is 1. The summed E-state index contributed by atoms with van der Waals surface area (Å²) in [5.41, 5.74) is 3.31. The molecule has 0 aliphatic carbocycles. The highest BCUT2D eigenvalue weighted by atomic mass is 19.1. The third-order valence-corrected chi connectivity index (χ3v) is 6.21. The molecule has 2 aliphatic heterocycles. The number of halogens is 1. The molecule has 4 heterocycles. The fraction of sp³-hybridized carbons (Fsp3) is 0.348. The second kappa shape index (κ2) is 8.11. The quantitative estimate of drug-likeness (QED) is 0.603. The lowest BCUT2D eigenvalue weighted by Crippen LogP contribution is -2.47. The van der Waals surface area contributed by atoms with Crippen LogP contribution >= 0.6 is 0 Å². The maximum atomic E-state index is 14.9. The van der Waals surface area contributed by atoms with Crippen LogP contribution in [-0.4, -0.2) is 46.5 Å². The number of hydrogen-bond donors (Lipinski definition) is 3. The molecular formula is C23H25FN6O. The molecule has 7 nitrogen and oxygen atoms in total. The van der Waals surface area contributed by atoms with E-state index in [0.717, 1.165) is 37.3 Å². The first-order valence-electron chi connectivity index (χ1n) is 10.6. The van der Waals surface area contributed by atoms with Gasteiger partial charge in [-0.05, 0) is 56.5 Å². The Hall–Kier alpha value is -3.26. The third kappa shape index (κ3) is 3.90. The Labute approximate surface area is 180 Å². The Morgan fingerprint density at radius 1 is 1.29 bits per heavy atom. The molecule has 2 saturated heterocycles. The third-order valence-electron chi connectivity index (χ3n) is 6.21. The SMILES string of the molecule is Cc1cc(-c2c[nH]c(C(=O)Nc3cccc(F)c3N3CC[C@@H]4CCNC4C3)n2)ccn1. The largest absolute Gasteiger partial charge is 0.366 e. The summed E-state index contributed by atoms with van der Waals surface area (Å²) in [6, 6.07) is 8.91. The van der Waals surface area contributed by atoms with Crippen molar-refractivity contribution in [3.63, 3.8) is 0 Å². The van der Waals surface area contributed by atoms with E-state index < -0.39 is 5.91 Å². The number of hydrogen-bond acceptors (Lipinski definition) is 5. The molecule has 3 aromatic rings. The van der Waals surface area contributed by atoms with Crippen LogP contribution in [0.15, 0.2) is 42.7 Å². The Kier molecular flexibility index (Phi) is 5.15. The van der Waals surface area contributed by atoms with Gasteiger partial charge in [-0.2, -0.15) is 0 Å². The van der Waals surface area contributed by atoms with Gasteiger partial charge in [0.25, 0.3) is 5.91 Å². The topological polar surface area (TPSA) is 85.9 Å². The molecule has 0 spiro atoms. The average Bonchev–Trinajstić information content (AvgIpc) is 3.43. The van der Waals surface area contributed by atoms with Gasteiger partial charge in [0.1, 0.15) is 5.82 Å². The number of para-hydroxylation sites is 1. The highest BCUT2D eigenvalue weighted by molar-refractivity contribution is 6.04. The van der Waals surface area contributed by atoms with Crippen LogP contribution in [0.2, 0.25) is 0 Å². The average molecular weight is 420 g/mol. The maximum absolute atomic E-state index is 14.9. The van der Waals surface area contributed by atoms with Crippen molar-refractivity contribution in [3.8, 4) is 11.3 Å². The molecule has 0 radical (unpaired) electrons. The van der Waals surface area contributed by atoms with Gasteiger partial charge >= 0.3 is 0 Å². The molecule has 8 heteroatoms. The molecule has 0 saturated carbocycles. The fourth-order valence-corrected chi connectivity index (χ4v) is 4.64. The number of rotatable bonds is 4. The van der Waals surface area contributed by atoms with Crippen LogP contribution in [0.4, 0.5) is 15.8 Å². The summed E-state index contributed by atoms with van der Waals surface area (Å²) in [5, 5.41) is 6.37. The maximum Gasteiger partial charge on any atom is 0.291 e. The van der Waals surface area contributed by atoms with E-state index in [-0.39, 0.29) is 11.6 Å². The number of carbonyl (C=O) groups is 1.